The molecule has 114 valence electrons. The Balaban J connectivity index is 1.68. The Morgan fingerprint density at radius 1 is 1.23 bits per heavy atom. The number of hydrogen-bond donors (Lipinski definition) is 0. The van der Waals surface area contributed by atoms with E-state index in [0.717, 1.165) is 23.8 Å². The molecule has 5 heteroatoms. The smallest absolute Gasteiger partial charge is 0.123 e. The molecular weight excluding hydrogens is 292 g/mol. The Bertz CT molecular complexity index is 759. The van der Waals surface area contributed by atoms with Crippen LogP contribution in [0.5, 0.6) is 0 Å². The third-order valence-electron chi connectivity index (χ3n) is 3.57. The zero-order chi connectivity index (χ0) is 15.5. The molecule has 0 radical (unpaired) electrons. The van der Waals surface area contributed by atoms with Crippen LogP contribution in [0, 0.1) is 6.92 Å². The molecule has 0 aliphatic carbocycles. The fraction of sp³-hybridized carbons (Fsp3) is 0.294. The van der Waals surface area contributed by atoms with Crippen LogP contribution in [0.2, 0.25) is 0 Å². The standard InChI is InChI=1S/C17H20N4S/c1-13-6-4-5-7-16(13)17-19-15(12-22-17)11-20(2)9-14-8-18-21(3)10-14/h4-8,10,12H,9,11H2,1-3H3. The zero-order valence-electron chi connectivity index (χ0n) is 13.2. The average Bonchev–Trinajstić information content (AvgIpc) is 3.09. The predicted molar refractivity (Wildman–Crippen MR) is 90.7 cm³/mol. The number of nitrogens with zero attached hydrogens (tertiary/aromatic N) is 4. The molecule has 0 aliphatic heterocycles. The van der Waals surface area contributed by atoms with Crippen LogP contribution >= 0.6 is 11.3 Å². The molecule has 22 heavy (non-hydrogen) atoms. The second-order valence-corrected chi connectivity index (χ2v) is 6.51. The van der Waals surface area contributed by atoms with Crippen molar-refractivity contribution in [3.05, 3.63) is 58.9 Å². The number of aryl methyl sites for hydroxylation is 2. The maximum atomic E-state index is 4.78. The van der Waals surface area contributed by atoms with Gasteiger partial charge >= 0.3 is 0 Å². The first-order chi connectivity index (χ1) is 10.6. The molecule has 0 bridgehead atoms. The van der Waals surface area contributed by atoms with E-state index < -0.39 is 0 Å². The fourth-order valence-electron chi connectivity index (χ4n) is 2.51. The van der Waals surface area contributed by atoms with Gasteiger partial charge in [0.15, 0.2) is 0 Å². The molecule has 0 spiro atoms. The lowest BCUT2D eigenvalue weighted by atomic mass is 10.1. The number of benzene rings is 1. The van der Waals surface area contributed by atoms with Crippen molar-refractivity contribution in [2.45, 2.75) is 20.0 Å². The minimum Gasteiger partial charge on any atom is -0.296 e. The number of thiazole rings is 1. The summed E-state index contributed by atoms with van der Waals surface area (Å²) in [6.45, 7) is 3.85. The van der Waals surface area contributed by atoms with E-state index in [2.05, 4.69) is 59.8 Å². The van der Waals surface area contributed by atoms with Gasteiger partial charge in [-0.25, -0.2) is 4.98 Å². The number of rotatable bonds is 5. The highest BCUT2D eigenvalue weighted by molar-refractivity contribution is 7.13. The van der Waals surface area contributed by atoms with Gasteiger partial charge in [-0.1, -0.05) is 24.3 Å². The van der Waals surface area contributed by atoms with Crippen molar-refractivity contribution in [2.75, 3.05) is 7.05 Å². The molecule has 3 rings (SSSR count). The molecule has 0 N–H and O–H groups in total. The van der Waals surface area contributed by atoms with E-state index >= 15 is 0 Å². The van der Waals surface area contributed by atoms with Gasteiger partial charge in [0.1, 0.15) is 5.01 Å². The van der Waals surface area contributed by atoms with Crippen LogP contribution in [0.15, 0.2) is 42.0 Å². The zero-order valence-corrected chi connectivity index (χ0v) is 14.0. The molecule has 0 aliphatic rings. The highest BCUT2D eigenvalue weighted by atomic mass is 32.1. The molecular formula is C17H20N4S. The van der Waals surface area contributed by atoms with Crippen LogP contribution in [0.3, 0.4) is 0 Å². The van der Waals surface area contributed by atoms with Crippen molar-refractivity contribution < 1.29 is 0 Å². The Hall–Kier alpha value is -1.98. The van der Waals surface area contributed by atoms with Crippen molar-refractivity contribution >= 4 is 11.3 Å². The second-order valence-electron chi connectivity index (χ2n) is 5.65. The summed E-state index contributed by atoms with van der Waals surface area (Å²) < 4.78 is 1.84. The van der Waals surface area contributed by atoms with Gasteiger partial charge in [-0.05, 0) is 19.5 Å². The first-order valence-corrected chi connectivity index (χ1v) is 8.16. The van der Waals surface area contributed by atoms with Crippen molar-refractivity contribution in [3.8, 4) is 10.6 Å². The van der Waals surface area contributed by atoms with Crippen molar-refractivity contribution in [3.63, 3.8) is 0 Å². The van der Waals surface area contributed by atoms with Gasteiger partial charge in [0, 0.05) is 42.8 Å². The summed E-state index contributed by atoms with van der Waals surface area (Å²) in [5, 5.41) is 7.46. The highest BCUT2D eigenvalue weighted by Crippen LogP contribution is 2.26. The lowest BCUT2D eigenvalue weighted by Gasteiger charge is -2.13. The van der Waals surface area contributed by atoms with Gasteiger partial charge in [-0.2, -0.15) is 5.10 Å². The van der Waals surface area contributed by atoms with Gasteiger partial charge in [0.25, 0.3) is 0 Å². The maximum absolute atomic E-state index is 4.78. The SMILES string of the molecule is Cc1ccccc1-c1nc(CN(C)Cc2cnn(C)c2)cs1. The predicted octanol–water partition coefficient (Wildman–Crippen LogP) is 3.48. The van der Waals surface area contributed by atoms with Gasteiger partial charge in [-0.3, -0.25) is 9.58 Å². The molecule has 2 aromatic heterocycles. The Labute approximate surface area is 135 Å². The maximum Gasteiger partial charge on any atom is 0.123 e. The Morgan fingerprint density at radius 3 is 2.77 bits per heavy atom. The molecule has 0 amide bonds. The van der Waals surface area contributed by atoms with Crippen LogP contribution in [-0.4, -0.2) is 26.7 Å². The molecule has 4 nitrogen and oxygen atoms in total. The summed E-state index contributed by atoms with van der Waals surface area (Å²) in [4.78, 5) is 7.04. The summed E-state index contributed by atoms with van der Waals surface area (Å²) in [5.74, 6) is 0. The summed E-state index contributed by atoms with van der Waals surface area (Å²) in [6, 6.07) is 8.40. The highest BCUT2D eigenvalue weighted by Gasteiger charge is 2.09. The van der Waals surface area contributed by atoms with Crippen LogP contribution in [0.25, 0.3) is 10.6 Å². The molecule has 1 aromatic carbocycles. The summed E-state index contributed by atoms with van der Waals surface area (Å²) in [7, 11) is 4.05. The van der Waals surface area contributed by atoms with Crippen molar-refractivity contribution in [2.24, 2.45) is 7.05 Å². The second kappa shape index (κ2) is 6.42. The normalized spacial score (nSPS) is 11.3. The van der Waals surface area contributed by atoms with E-state index in [0.29, 0.717) is 0 Å². The van der Waals surface area contributed by atoms with Gasteiger partial charge in [0.05, 0.1) is 11.9 Å². The topological polar surface area (TPSA) is 34.0 Å². The molecule has 3 aromatic rings. The first kappa shape index (κ1) is 14.9. The molecule has 2 heterocycles. The summed E-state index contributed by atoms with van der Waals surface area (Å²) in [6.07, 6.45) is 3.96. The lowest BCUT2D eigenvalue weighted by molar-refractivity contribution is 0.316. The monoisotopic (exact) mass is 312 g/mol. The molecule has 0 saturated carbocycles. The minimum atomic E-state index is 0.845. The van der Waals surface area contributed by atoms with Crippen LogP contribution in [0.1, 0.15) is 16.8 Å². The van der Waals surface area contributed by atoms with Crippen molar-refractivity contribution in [1.82, 2.24) is 19.7 Å². The fourth-order valence-corrected chi connectivity index (χ4v) is 3.41. The Kier molecular flexibility index (Phi) is 4.36. The van der Waals surface area contributed by atoms with Gasteiger partial charge in [0.2, 0.25) is 0 Å². The van der Waals surface area contributed by atoms with Gasteiger partial charge in [-0.15, -0.1) is 11.3 Å². The van der Waals surface area contributed by atoms with E-state index in [-0.39, 0.29) is 0 Å². The molecule has 0 fully saturated rings. The molecule has 0 atom stereocenters. The third-order valence-corrected chi connectivity index (χ3v) is 4.49. The van der Waals surface area contributed by atoms with Crippen LogP contribution < -0.4 is 0 Å². The summed E-state index contributed by atoms with van der Waals surface area (Å²) >= 11 is 1.71. The van der Waals surface area contributed by atoms with Crippen LogP contribution in [-0.2, 0) is 20.1 Å². The average molecular weight is 312 g/mol. The quantitative estimate of drug-likeness (QED) is 0.723. The third kappa shape index (κ3) is 3.43. The summed E-state index contributed by atoms with van der Waals surface area (Å²) in [5.41, 5.74) is 4.84. The Morgan fingerprint density at radius 2 is 2.05 bits per heavy atom. The number of hydrogen-bond acceptors (Lipinski definition) is 4. The lowest BCUT2D eigenvalue weighted by Crippen LogP contribution is -2.17. The van der Waals surface area contributed by atoms with Gasteiger partial charge < -0.3 is 0 Å². The largest absolute Gasteiger partial charge is 0.296 e. The minimum absolute atomic E-state index is 0.845. The molecule has 0 saturated heterocycles. The van der Waals surface area contributed by atoms with E-state index in [9.17, 15) is 0 Å². The van der Waals surface area contributed by atoms with Crippen molar-refractivity contribution in [1.29, 1.82) is 0 Å². The van der Waals surface area contributed by atoms with E-state index in [1.807, 2.05) is 17.9 Å². The van der Waals surface area contributed by atoms with E-state index in [1.54, 1.807) is 11.3 Å². The first-order valence-electron chi connectivity index (χ1n) is 7.28. The van der Waals surface area contributed by atoms with E-state index in [4.69, 9.17) is 4.98 Å². The molecule has 0 unspecified atom stereocenters. The number of aromatic nitrogens is 3. The van der Waals surface area contributed by atoms with Crippen LogP contribution in [0.4, 0.5) is 0 Å². The van der Waals surface area contributed by atoms with E-state index in [1.165, 1.54) is 16.7 Å².